The fourth-order valence-corrected chi connectivity index (χ4v) is 16.6. The highest BCUT2D eigenvalue weighted by atomic mass is 32.1. The monoisotopic (exact) mass is 1470 g/mol. The molecule has 0 unspecified atom stereocenters. The maximum atomic E-state index is 15.2. The van der Waals surface area contributed by atoms with Gasteiger partial charge in [0.15, 0.2) is 18.1 Å². The van der Waals surface area contributed by atoms with Gasteiger partial charge in [-0.25, -0.2) is 39.5 Å². The van der Waals surface area contributed by atoms with Crippen LogP contribution < -0.4 is 26.6 Å². The summed E-state index contributed by atoms with van der Waals surface area (Å²) in [7, 11) is 4.87. The van der Waals surface area contributed by atoms with Crippen LogP contribution in [0.15, 0.2) is 81.5 Å². The molecular formula is C65H64N14O17S5. The zero-order valence-corrected chi connectivity index (χ0v) is 58.7. The van der Waals surface area contributed by atoms with Crippen molar-refractivity contribution in [3.8, 4) is 38.4 Å². The maximum Gasteiger partial charge on any atom is 0.358 e. The van der Waals surface area contributed by atoms with Gasteiger partial charge in [-0.15, -0.1) is 56.7 Å². The van der Waals surface area contributed by atoms with E-state index in [1.54, 1.807) is 68.8 Å². The lowest BCUT2D eigenvalue weighted by molar-refractivity contribution is -0.280. The zero-order valence-electron chi connectivity index (χ0n) is 54.6. The van der Waals surface area contributed by atoms with E-state index in [2.05, 4.69) is 46.5 Å². The number of nitrogens with one attached hydrogen (secondary N) is 5. The molecule has 5 amide bonds. The molecule has 101 heavy (non-hydrogen) atoms. The van der Waals surface area contributed by atoms with E-state index in [9.17, 15) is 34.9 Å². The Morgan fingerprint density at radius 3 is 2.29 bits per heavy atom. The molecule has 0 saturated carbocycles. The Balaban J connectivity index is 0.964. The average molecular weight is 1470 g/mol. The van der Waals surface area contributed by atoms with Crippen LogP contribution in [-0.4, -0.2) is 189 Å². The second-order valence-corrected chi connectivity index (χ2v) is 28.8. The second kappa shape index (κ2) is 28.8. The fraction of sp³-hybridized carbons (Fsp3) is 0.354. The number of pyridine rings is 2. The van der Waals surface area contributed by atoms with Crippen molar-refractivity contribution in [2.24, 2.45) is 0 Å². The lowest BCUT2D eigenvalue weighted by Gasteiger charge is -2.48. The van der Waals surface area contributed by atoms with Crippen LogP contribution in [0.1, 0.15) is 130 Å². The summed E-state index contributed by atoms with van der Waals surface area (Å²) in [5, 5.41) is 68.8. The minimum atomic E-state index is -1.91. The Kier molecular flexibility index (Phi) is 19.9. The third-order valence-corrected chi connectivity index (χ3v) is 21.6. The van der Waals surface area contributed by atoms with Gasteiger partial charge in [0.2, 0.25) is 5.91 Å². The first-order valence-electron chi connectivity index (χ1n) is 31.3. The van der Waals surface area contributed by atoms with Gasteiger partial charge in [-0.1, -0.05) is 18.2 Å². The second-order valence-electron chi connectivity index (χ2n) is 24.4. The first-order chi connectivity index (χ1) is 48.4. The number of likely N-dealkylation sites (N-methyl/N-ethyl adjacent to an activating group) is 1. The molecule has 8 aromatic heterocycles. The summed E-state index contributed by atoms with van der Waals surface area (Å²) in [4.78, 5) is 137. The number of cyclic esters (lactones) is 2. The topological polar surface area (TPSA) is 414 Å². The first kappa shape index (κ1) is 69.9. The molecule has 4 aliphatic rings. The van der Waals surface area contributed by atoms with Crippen LogP contribution in [0.4, 0.5) is 0 Å². The van der Waals surface area contributed by atoms with E-state index in [-0.39, 0.29) is 111 Å². The van der Waals surface area contributed by atoms with Gasteiger partial charge in [0, 0.05) is 68.8 Å². The summed E-state index contributed by atoms with van der Waals surface area (Å²) in [6.45, 7) is 4.60. The number of methoxy groups -OCH3 is 1. The number of rotatable bonds is 10. The Hall–Kier alpha value is -9.60. The van der Waals surface area contributed by atoms with Crippen molar-refractivity contribution in [1.82, 2.24) is 71.1 Å². The molecule has 0 radical (unpaired) electrons. The predicted octanol–water partition coefficient (Wildman–Crippen LogP) is 5.53. The van der Waals surface area contributed by atoms with Gasteiger partial charge in [-0.2, -0.15) is 4.73 Å². The molecule has 12 bridgehead atoms. The zero-order chi connectivity index (χ0) is 71.3. The number of hydrogen-bond donors (Lipinski definition) is 9. The number of ether oxygens (including phenoxy) is 6. The van der Waals surface area contributed by atoms with E-state index in [0.717, 1.165) is 62.2 Å². The summed E-state index contributed by atoms with van der Waals surface area (Å²) in [6, 6.07) is 4.48. The Bertz CT molecular complexity index is 4750. The van der Waals surface area contributed by atoms with Gasteiger partial charge in [0.05, 0.1) is 43.1 Å². The van der Waals surface area contributed by atoms with E-state index in [1.807, 2.05) is 6.07 Å². The largest absolute Gasteiger partial charge is 0.506 e. The van der Waals surface area contributed by atoms with E-state index in [4.69, 9.17) is 43.4 Å². The molecule has 0 spiro atoms. The van der Waals surface area contributed by atoms with Gasteiger partial charge in [0.1, 0.15) is 120 Å². The third kappa shape index (κ3) is 14.2. The van der Waals surface area contributed by atoms with Crippen LogP contribution in [0.3, 0.4) is 0 Å². The summed E-state index contributed by atoms with van der Waals surface area (Å²) >= 11 is 4.70. The number of fused-ring (bicyclic) bond motifs is 15. The number of hydrogen-bond acceptors (Lipinski definition) is 30. The van der Waals surface area contributed by atoms with Crippen molar-refractivity contribution in [2.45, 2.75) is 114 Å². The van der Waals surface area contributed by atoms with Gasteiger partial charge in [0.25, 0.3) is 23.6 Å². The molecule has 1 aromatic carbocycles. The van der Waals surface area contributed by atoms with Crippen LogP contribution in [0.5, 0.6) is 5.75 Å². The molecule has 4 aliphatic heterocycles. The van der Waals surface area contributed by atoms with Crippen molar-refractivity contribution in [3.63, 3.8) is 0 Å². The molecule has 9 aromatic rings. The van der Waals surface area contributed by atoms with Gasteiger partial charge in [-0.3, -0.25) is 29.0 Å². The first-order valence-corrected chi connectivity index (χ1v) is 35.7. The summed E-state index contributed by atoms with van der Waals surface area (Å²) in [5.74, 6) is -6.70. The number of carbonyl (C=O) groups excluding carboxylic acids is 7. The summed E-state index contributed by atoms with van der Waals surface area (Å²) in [5.41, 5.74) is -1.30. The molecule has 1 fully saturated rings. The number of amides is 5. The lowest BCUT2D eigenvalue weighted by atomic mass is 9.85. The predicted molar refractivity (Wildman–Crippen MR) is 365 cm³/mol. The van der Waals surface area contributed by atoms with Crippen molar-refractivity contribution in [3.05, 3.63) is 142 Å². The highest BCUT2D eigenvalue weighted by Crippen LogP contribution is 2.43. The highest BCUT2D eigenvalue weighted by molar-refractivity contribution is 7.14. The third-order valence-electron chi connectivity index (χ3n) is 17.2. The van der Waals surface area contributed by atoms with Gasteiger partial charge < -0.3 is 80.4 Å². The van der Waals surface area contributed by atoms with Crippen LogP contribution in [0.2, 0.25) is 0 Å². The molecule has 36 heteroatoms. The minimum Gasteiger partial charge on any atom is -0.506 e. The number of aliphatic hydroxyl groups excluding tert-OH is 1. The van der Waals surface area contributed by atoms with Crippen molar-refractivity contribution in [2.75, 3.05) is 34.4 Å². The van der Waals surface area contributed by atoms with Crippen molar-refractivity contribution < 1.29 is 82.5 Å². The normalized spacial score (nSPS) is 23.7. The van der Waals surface area contributed by atoms with Crippen molar-refractivity contribution >= 4 is 115 Å². The maximum absolute atomic E-state index is 15.2. The van der Waals surface area contributed by atoms with E-state index in [1.165, 1.54) is 54.6 Å². The molecule has 10 atom stereocenters. The minimum absolute atomic E-state index is 0.00471. The summed E-state index contributed by atoms with van der Waals surface area (Å²) in [6.07, 6.45) is -3.66. The van der Waals surface area contributed by atoms with Gasteiger partial charge in [-0.05, 0) is 77.5 Å². The highest BCUT2D eigenvalue weighted by Gasteiger charge is 2.50. The van der Waals surface area contributed by atoms with E-state index >= 15 is 19.2 Å². The number of nitrogens with zero attached hydrogens (tertiary/aromatic N) is 9. The van der Waals surface area contributed by atoms with Crippen LogP contribution in [0, 0.1) is 0 Å². The fourth-order valence-electron chi connectivity index (χ4n) is 12.4. The SMILES string of the molecule is CO/C(C)=C1/NC(=O)[C@H]([C@@H](C)O)NC(=O)c2csc(n2)-c2cc(O)c(-c3nc(C(=O)NCCc4cccnc4)cs3)nc2-c2csc(n2)[C@@H]2COC(=O)c3c4c5c(cccc5n3O)COC(=O)[C@@H](O[C@H]3C[C@](C)(O)[C@H](N(C)C)[C@H](C)O3)[C@@H](OC4)[C@H](NC(=O)c3csc1n3)c1nc(cs1)C(=O)N2. The standard InChI is InChI=1S/C65H64N14O17S5/c1-27(80)44-57(86)76-45(28(2)91-7)60-72-39(26-99-60)56(85)77-48-50-51(96-42-17-65(4,89)52(78(5)6)29(3)95-42)64(88)93-19-31-11-8-12-40-43(31)33(20-92-50)49(79(40)90)63(87)94-21-34(68-54(83)37-25-101-62(48)73-37)59-69-35(22-98-59)46-32(58-70-38(24-97-58)55(84)75-44)16-41(81)47(74-46)61-71-36(23-100-61)53(82)67-15-13-30-10-9-14-66-18-30/h8-12,14,16,18,22-27,29,34,42,44,48,50-52,80-81,89-90H,13,15,17,19-21H2,1-7H3,(H,67,82)(H,68,83)(H,75,84)(H,76,86)(H,77,85)/b45-28+/t27-,29+,34+,42+,44+,48+,50+,51+,52-,65+/m1/s1. The molecule has 0 aliphatic carbocycles. The number of aromatic hydroxyl groups is 1. The molecule has 31 nitrogen and oxygen atoms in total. The number of thiazole rings is 5. The number of esters is 2. The number of benzene rings is 1. The Labute approximate surface area is 593 Å². The van der Waals surface area contributed by atoms with Crippen LogP contribution >= 0.6 is 56.7 Å². The smallest absolute Gasteiger partial charge is 0.358 e. The van der Waals surface area contributed by atoms with Gasteiger partial charge >= 0.3 is 11.9 Å². The number of carbonyl (C=O) groups is 7. The number of allylic oxidation sites excluding steroid dienone is 1. The molecule has 1 saturated heterocycles. The summed E-state index contributed by atoms with van der Waals surface area (Å²) < 4.78 is 38.3. The van der Waals surface area contributed by atoms with E-state index < -0.39 is 133 Å². The Morgan fingerprint density at radius 2 is 1.54 bits per heavy atom. The van der Waals surface area contributed by atoms with E-state index in [0.29, 0.717) is 16.7 Å². The number of aromatic nitrogens is 8. The lowest BCUT2D eigenvalue weighted by Crippen LogP contribution is -2.62. The van der Waals surface area contributed by atoms with Crippen LogP contribution in [-0.2, 0) is 57.6 Å². The Morgan fingerprint density at radius 1 is 0.842 bits per heavy atom. The molecular weight excluding hydrogens is 1410 g/mol. The molecule has 526 valence electrons. The van der Waals surface area contributed by atoms with Crippen LogP contribution in [0.25, 0.3) is 49.3 Å². The average Bonchev–Trinajstić information content (AvgIpc) is 1.67. The molecule has 13 rings (SSSR count). The quantitative estimate of drug-likeness (QED) is 0.0461. The number of aliphatic hydroxyl groups is 2. The van der Waals surface area contributed by atoms with Crippen molar-refractivity contribution in [1.29, 1.82) is 0 Å². The molecule has 9 N–H and O–H groups in total. The molecule has 12 heterocycles.